The summed E-state index contributed by atoms with van der Waals surface area (Å²) in [6.45, 7) is 1.54. The molecule has 0 saturated carbocycles. The molecule has 1 unspecified atom stereocenters. The number of imide groups is 1. The van der Waals surface area contributed by atoms with Crippen LogP contribution in [-0.2, 0) is 16.0 Å². The normalized spacial score (nSPS) is 15.7. The second-order valence-electron chi connectivity index (χ2n) is 6.06. The number of benzene rings is 2. The lowest BCUT2D eigenvalue weighted by Crippen LogP contribution is -2.57. The highest BCUT2D eigenvalue weighted by molar-refractivity contribution is 6.30. The van der Waals surface area contributed by atoms with E-state index in [1.165, 1.54) is 14.0 Å². The standard InChI is InChI=1S/C19H16ClNO4/c1-19(18(24)25-2,11-12-7-9-13(20)10-8-12)21-16(22)14-5-3-4-6-15(14)17(21)23/h3-10H,11H2,1-2H3. The minimum atomic E-state index is -1.46. The SMILES string of the molecule is COC(=O)C(C)(Cc1ccc(Cl)cc1)N1C(=O)c2ccccc2C1=O. The number of halogens is 1. The van der Waals surface area contributed by atoms with Gasteiger partial charge in [-0.25, -0.2) is 4.79 Å². The summed E-state index contributed by atoms with van der Waals surface area (Å²) in [5.74, 6) is -1.65. The first-order valence-corrected chi connectivity index (χ1v) is 8.07. The first kappa shape index (κ1) is 17.2. The fraction of sp³-hybridized carbons (Fsp3) is 0.211. The van der Waals surface area contributed by atoms with Gasteiger partial charge in [-0.05, 0) is 36.8 Å². The lowest BCUT2D eigenvalue weighted by atomic mass is 9.90. The highest BCUT2D eigenvalue weighted by Gasteiger charge is 2.51. The third kappa shape index (κ3) is 2.81. The Kier molecular flexibility index (Phi) is 4.35. The van der Waals surface area contributed by atoms with Crippen molar-refractivity contribution in [3.8, 4) is 0 Å². The van der Waals surface area contributed by atoms with Gasteiger partial charge in [-0.1, -0.05) is 35.9 Å². The second kappa shape index (κ2) is 6.33. The number of amides is 2. The molecule has 0 saturated heterocycles. The smallest absolute Gasteiger partial charge is 0.332 e. The summed E-state index contributed by atoms with van der Waals surface area (Å²) < 4.78 is 4.91. The van der Waals surface area contributed by atoms with Gasteiger partial charge in [0.15, 0.2) is 0 Å². The van der Waals surface area contributed by atoms with Crippen LogP contribution in [0, 0.1) is 0 Å². The first-order valence-electron chi connectivity index (χ1n) is 7.69. The van der Waals surface area contributed by atoms with E-state index in [9.17, 15) is 14.4 Å². The van der Waals surface area contributed by atoms with Gasteiger partial charge in [0.1, 0.15) is 5.54 Å². The third-order valence-corrected chi connectivity index (χ3v) is 4.63. The van der Waals surface area contributed by atoms with Crippen molar-refractivity contribution in [2.24, 2.45) is 0 Å². The third-order valence-electron chi connectivity index (χ3n) is 4.37. The summed E-state index contributed by atoms with van der Waals surface area (Å²) in [5, 5.41) is 0.559. The minimum absolute atomic E-state index is 0.127. The molecule has 0 fully saturated rings. The van der Waals surface area contributed by atoms with E-state index in [4.69, 9.17) is 16.3 Å². The number of rotatable bonds is 4. The van der Waals surface area contributed by atoms with E-state index in [-0.39, 0.29) is 6.42 Å². The zero-order valence-corrected chi connectivity index (χ0v) is 14.5. The molecule has 25 heavy (non-hydrogen) atoms. The molecule has 0 bridgehead atoms. The topological polar surface area (TPSA) is 63.7 Å². The van der Waals surface area contributed by atoms with Crippen LogP contribution in [0.5, 0.6) is 0 Å². The molecule has 1 heterocycles. The molecular weight excluding hydrogens is 342 g/mol. The molecule has 2 aromatic carbocycles. The lowest BCUT2D eigenvalue weighted by molar-refractivity contribution is -0.151. The van der Waals surface area contributed by atoms with Crippen LogP contribution >= 0.6 is 11.6 Å². The lowest BCUT2D eigenvalue weighted by Gasteiger charge is -2.34. The molecule has 0 N–H and O–H groups in total. The van der Waals surface area contributed by atoms with E-state index in [1.807, 2.05) is 0 Å². The van der Waals surface area contributed by atoms with Crippen molar-refractivity contribution in [3.63, 3.8) is 0 Å². The average molecular weight is 358 g/mol. The molecule has 2 aromatic rings. The molecule has 128 valence electrons. The van der Waals surface area contributed by atoms with Crippen molar-refractivity contribution in [2.75, 3.05) is 7.11 Å². The molecule has 0 spiro atoms. The minimum Gasteiger partial charge on any atom is -0.467 e. The quantitative estimate of drug-likeness (QED) is 0.623. The number of ether oxygens (including phenoxy) is 1. The Hall–Kier alpha value is -2.66. The van der Waals surface area contributed by atoms with Gasteiger partial charge in [0.05, 0.1) is 18.2 Å². The number of fused-ring (bicyclic) bond motifs is 1. The van der Waals surface area contributed by atoms with Crippen LogP contribution in [-0.4, -0.2) is 35.3 Å². The second-order valence-corrected chi connectivity index (χ2v) is 6.50. The summed E-state index contributed by atoms with van der Waals surface area (Å²) in [4.78, 5) is 39.1. The summed E-state index contributed by atoms with van der Waals surface area (Å²) in [7, 11) is 1.24. The zero-order chi connectivity index (χ0) is 18.2. The van der Waals surface area contributed by atoms with Gasteiger partial charge in [0.25, 0.3) is 11.8 Å². The van der Waals surface area contributed by atoms with Crippen LogP contribution in [0.3, 0.4) is 0 Å². The maximum absolute atomic E-state index is 12.8. The molecule has 2 amide bonds. The number of methoxy groups -OCH3 is 1. The molecule has 1 aliphatic heterocycles. The Bertz CT molecular complexity index is 827. The van der Waals surface area contributed by atoms with E-state index in [1.54, 1.807) is 48.5 Å². The number of hydrogen-bond acceptors (Lipinski definition) is 4. The fourth-order valence-electron chi connectivity index (χ4n) is 3.10. The molecule has 1 aliphatic rings. The Morgan fingerprint density at radius 2 is 1.56 bits per heavy atom. The summed E-state index contributed by atoms with van der Waals surface area (Å²) in [6.07, 6.45) is 0.127. The average Bonchev–Trinajstić information content (AvgIpc) is 2.88. The predicted molar refractivity (Wildman–Crippen MR) is 92.5 cm³/mol. The fourth-order valence-corrected chi connectivity index (χ4v) is 3.23. The van der Waals surface area contributed by atoms with Crippen LogP contribution in [0.25, 0.3) is 0 Å². The molecule has 5 nitrogen and oxygen atoms in total. The van der Waals surface area contributed by atoms with Crippen molar-refractivity contribution in [3.05, 3.63) is 70.2 Å². The summed E-state index contributed by atoms with van der Waals surface area (Å²) in [5.41, 5.74) is -0.123. The maximum atomic E-state index is 12.8. The number of hydrogen-bond donors (Lipinski definition) is 0. The van der Waals surface area contributed by atoms with Crippen LogP contribution in [0.2, 0.25) is 5.02 Å². The van der Waals surface area contributed by atoms with Crippen LogP contribution in [0.4, 0.5) is 0 Å². The molecule has 0 aliphatic carbocycles. The summed E-state index contributed by atoms with van der Waals surface area (Å²) in [6, 6.07) is 13.4. The van der Waals surface area contributed by atoms with Crippen molar-refractivity contribution >= 4 is 29.4 Å². The van der Waals surface area contributed by atoms with E-state index in [0.717, 1.165) is 10.5 Å². The number of esters is 1. The number of carbonyl (C=O) groups excluding carboxylic acids is 3. The zero-order valence-electron chi connectivity index (χ0n) is 13.8. The first-order chi connectivity index (χ1) is 11.9. The molecule has 6 heteroatoms. The van der Waals surface area contributed by atoms with Crippen molar-refractivity contribution < 1.29 is 19.1 Å². The Morgan fingerprint density at radius 3 is 2.04 bits per heavy atom. The van der Waals surface area contributed by atoms with Gasteiger partial charge in [-0.3, -0.25) is 14.5 Å². The van der Waals surface area contributed by atoms with Gasteiger partial charge >= 0.3 is 5.97 Å². The highest BCUT2D eigenvalue weighted by Crippen LogP contribution is 2.32. The monoisotopic (exact) mass is 357 g/mol. The van der Waals surface area contributed by atoms with Gasteiger partial charge in [-0.2, -0.15) is 0 Å². The molecule has 0 radical (unpaired) electrons. The van der Waals surface area contributed by atoms with Crippen LogP contribution in [0.1, 0.15) is 33.2 Å². The highest BCUT2D eigenvalue weighted by atomic mass is 35.5. The number of carbonyl (C=O) groups is 3. The van der Waals surface area contributed by atoms with Crippen LogP contribution < -0.4 is 0 Å². The Labute approximate surface area is 150 Å². The van der Waals surface area contributed by atoms with E-state index in [0.29, 0.717) is 16.1 Å². The van der Waals surface area contributed by atoms with Crippen molar-refractivity contribution in [1.29, 1.82) is 0 Å². The van der Waals surface area contributed by atoms with Crippen molar-refractivity contribution in [2.45, 2.75) is 18.9 Å². The molecule has 3 rings (SSSR count). The van der Waals surface area contributed by atoms with Gasteiger partial charge < -0.3 is 4.74 Å². The maximum Gasteiger partial charge on any atom is 0.332 e. The molecule has 0 aromatic heterocycles. The molecule has 1 atom stereocenters. The number of nitrogens with zero attached hydrogens (tertiary/aromatic N) is 1. The van der Waals surface area contributed by atoms with Gasteiger partial charge in [0.2, 0.25) is 0 Å². The predicted octanol–water partition coefficient (Wildman–Crippen LogP) is 3.11. The molecular formula is C19H16ClNO4. The summed E-state index contributed by atoms with van der Waals surface area (Å²) >= 11 is 5.90. The van der Waals surface area contributed by atoms with Crippen LogP contribution in [0.15, 0.2) is 48.5 Å². The van der Waals surface area contributed by atoms with E-state index < -0.39 is 23.3 Å². The Morgan fingerprint density at radius 1 is 1.04 bits per heavy atom. The van der Waals surface area contributed by atoms with Gasteiger partial charge in [0, 0.05) is 11.4 Å². The largest absolute Gasteiger partial charge is 0.467 e. The van der Waals surface area contributed by atoms with E-state index in [2.05, 4.69) is 0 Å². The van der Waals surface area contributed by atoms with Gasteiger partial charge in [-0.15, -0.1) is 0 Å². The Balaban J connectivity index is 2.05. The van der Waals surface area contributed by atoms with Crippen molar-refractivity contribution in [1.82, 2.24) is 4.90 Å². The van der Waals surface area contributed by atoms with E-state index >= 15 is 0 Å².